The summed E-state index contributed by atoms with van der Waals surface area (Å²) in [5.41, 5.74) is 0.424. The minimum atomic E-state index is -0.447. The van der Waals surface area contributed by atoms with Crippen molar-refractivity contribution >= 4 is 11.0 Å². The quantitative estimate of drug-likeness (QED) is 0.608. The number of hydrogen-bond donors (Lipinski definition) is 2. The first-order valence-corrected chi connectivity index (χ1v) is 10.2. The highest BCUT2D eigenvalue weighted by Crippen LogP contribution is 2.34. The van der Waals surface area contributed by atoms with E-state index in [9.17, 15) is 9.59 Å². The van der Waals surface area contributed by atoms with Crippen LogP contribution in [0.4, 0.5) is 0 Å². The lowest BCUT2D eigenvalue weighted by molar-refractivity contribution is -0.0442. The van der Waals surface area contributed by atoms with Gasteiger partial charge in [-0.15, -0.1) is 0 Å². The van der Waals surface area contributed by atoms with Gasteiger partial charge in [-0.2, -0.15) is 0 Å². The molecule has 1 aliphatic rings. The molecule has 2 aromatic rings. The number of aromatic nitrogens is 2. The van der Waals surface area contributed by atoms with Crippen molar-refractivity contribution in [2.45, 2.75) is 64.3 Å². The van der Waals surface area contributed by atoms with Crippen LogP contribution in [0.5, 0.6) is 0 Å². The summed E-state index contributed by atoms with van der Waals surface area (Å²) in [6, 6.07) is 4.92. The van der Waals surface area contributed by atoms with E-state index in [4.69, 9.17) is 14.2 Å². The fourth-order valence-corrected chi connectivity index (χ4v) is 3.45. The lowest BCUT2D eigenvalue weighted by atomic mass is 10.0. The molecule has 1 aliphatic heterocycles. The monoisotopic (exact) mass is 390 g/mol. The van der Waals surface area contributed by atoms with Crippen LogP contribution in [-0.2, 0) is 14.2 Å². The molecule has 2 aromatic heterocycles. The van der Waals surface area contributed by atoms with Gasteiger partial charge in [0.2, 0.25) is 5.56 Å². The van der Waals surface area contributed by atoms with Crippen molar-refractivity contribution < 1.29 is 14.2 Å². The lowest BCUT2D eigenvalue weighted by Gasteiger charge is -2.19. The predicted molar refractivity (Wildman–Crippen MR) is 108 cm³/mol. The van der Waals surface area contributed by atoms with Gasteiger partial charge < -0.3 is 24.2 Å². The molecule has 3 heterocycles. The van der Waals surface area contributed by atoms with Crippen molar-refractivity contribution in [3.8, 4) is 0 Å². The molecule has 0 saturated carbocycles. The maximum atomic E-state index is 12.7. The predicted octanol–water partition coefficient (Wildman–Crippen LogP) is 3.05. The lowest BCUT2D eigenvalue weighted by Crippen LogP contribution is -2.25. The number of ether oxygens (including phenoxy) is 3. The highest BCUT2D eigenvalue weighted by atomic mass is 16.6. The number of unbranched alkanes of at least 4 members (excludes halogenated alkanes) is 2. The second-order valence-corrected chi connectivity index (χ2v) is 7.31. The normalized spacial score (nSPS) is 22.1. The van der Waals surface area contributed by atoms with Gasteiger partial charge in [0, 0.05) is 36.7 Å². The molecule has 2 N–H and O–H groups in total. The van der Waals surface area contributed by atoms with Gasteiger partial charge in [0.25, 0.3) is 5.56 Å². The Balaban J connectivity index is 1.80. The highest BCUT2D eigenvalue weighted by molar-refractivity contribution is 5.74. The summed E-state index contributed by atoms with van der Waals surface area (Å²) < 4.78 is 18.0. The molecule has 0 radical (unpaired) electrons. The number of hydrogen-bond acceptors (Lipinski definition) is 5. The van der Waals surface area contributed by atoms with Crippen LogP contribution in [0.1, 0.15) is 57.6 Å². The Morgan fingerprint density at radius 3 is 2.68 bits per heavy atom. The van der Waals surface area contributed by atoms with Crippen LogP contribution >= 0.6 is 0 Å². The molecule has 1 fully saturated rings. The highest BCUT2D eigenvalue weighted by Gasteiger charge is 2.38. The van der Waals surface area contributed by atoms with E-state index in [1.807, 2.05) is 0 Å². The van der Waals surface area contributed by atoms with Gasteiger partial charge in [-0.3, -0.25) is 9.59 Å². The second-order valence-electron chi connectivity index (χ2n) is 7.31. The first-order chi connectivity index (χ1) is 13.6. The molecule has 0 amide bonds. The standard InChI is InChI=1S/C21H30N2O5/c1-3-5-9-26-13-15-12-17(27-10-6-4-2)19(28-15)16-11-14-7-8-18(24)22-20(14)23-21(16)25/h7-8,11,15,17,19H,3-6,9-10,12-13H2,1-2H3,(H2,22,23,24,25)/t15-,17-,19-/m0/s1. The van der Waals surface area contributed by atoms with Crippen LogP contribution in [0, 0.1) is 0 Å². The van der Waals surface area contributed by atoms with Gasteiger partial charge in [-0.25, -0.2) is 0 Å². The minimum absolute atomic E-state index is 0.0980. The zero-order valence-electron chi connectivity index (χ0n) is 16.7. The van der Waals surface area contributed by atoms with Crippen molar-refractivity contribution in [1.29, 1.82) is 0 Å². The first-order valence-electron chi connectivity index (χ1n) is 10.2. The number of H-pyrrole nitrogens is 2. The second kappa shape index (κ2) is 10.0. The third-order valence-corrected chi connectivity index (χ3v) is 5.02. The maximum absolute atomic E-state index is 12.7. The minimum Gasteiger partial charge on any atom is -0.379 e. The van der Waals surface area contributed by atoms with Gasteiger partial charge in [-0.1, -0.05) is 26.7 Å². The molecule has 7 heteroatoms. The van der Waals surface area contributed by atoms with Crippen LogP contribution in [-0.4, -0.2) is 42.0 Å². The SMILES string of the molecule is CCCCOC[C@@H]1C[C@H](OCCCC)[C@H](c2cc3ccc(=O)[nH]c3[nH]c2=O)O1. The largest absolute Gasteiger partial charge is 0.379 e. The summed E-state index contributed by atoms with van der Waals surface area (Å²) in [5.74, 6) is 0. The molecule has 7 nitrogen and oxygen atoms in total. The summed E-state index contributed by atoms with van der Waals surface area (Å²) in [6.45, 7) is 6.10. The summed E-state index contributed by atoms with van der Waals surface area (Å²) in [4.78, 5) is 29.6. The van der Waals surface area contributed by atoms with Gasteiger partial charge in [-0.05, 0) is 25.0 Å². The van der Waals surface area contributed by atoms with E-state index in [-0.39, 0.29) is 23.3 Å². The van der Waals surface area contributed by atoms with Gasteiger partial charge in [0.05, 0.1) is 18.8 Å². The molecule has 154 valence electrons. The molecule has 3 atom stereocenters. The van der Waals surface area contributed by atoms with Crippen molar-refractivity contribution in [3.63, 3.8) is 0 Å². The van der Waals surface area contributed by atoms with E-state index in [1.54, 1.807) is 12.1 Å². The molecule has 0 spiro atoms. The molecule has 0 aliphatic carbocycles. The maximum Gasteiger partial charge on any atom is 0.255 e. The van der Waals surface area contributed by atoms with E-state index in [2.05, 4.69) is 23.8 Å². The summed E-state index contributed by atoms with van der Waals surface area (Å²) in [5, 5.41) is 0.757. The Morgan fingerprint density at radius 1 is 1.11 bits per heavy atom. The topological polar surface area (TPSA) is 93.4 Å². The van der Waals surface area contributed by atoms with Crippen LogP contribution in [0.15, 0.2) is 27.8 Å². The summed E-state index contributed by atoms with van der Waals surface area (Å²) >= 11 is 0. The Kier molecular flexibility index (Phi) is 7.42. The average Bonchev–Trinajstić information content (AvgIpc) is 3.07. The Labute approximate surface area is 164 Å². The Bertz CT molecular complexity index is 875. The van der Waals surface area contributed by atoms with Crippen LogP contribution in [0.25, 0.3) is 11.0 Å². The zero-order chi connectivity index (χ0) is 19.9. The van der Waals surface area contributed by atoms with E-state index >= 15 is 0 Å². The van der Waals surface area contributed by atoms with Crippen molar-refractivity contribution in [3.05, 3.63) is 44.5 Å². The van der Waals surface area contributed by atoms with Crippen molar-refractivity contribution in [1.82, 2.24) is 9.97 Å². The average molecular weight is 390 g/mol. The zero-order valence-corrected chi connectivity index (χ0v) is 16.7. The van der Waals surface area contributed by atoms with E-state index in [1.165, 1.54) is 6.07 Å². The molecular weight excluding hydrogens is 360 g/mol. The molecule has 1 saturated heterocycles. The Hall–Kier alpha value is -1.96. The number of rotatable bonds is 10. The Morgan fingerprint density at radius 2 is 1.89 bits per heavy atom. The molecule has 28 heavy (non-hydrogen) atoms. The number of aromatic amines is 2. The third-order valence-electron chi connectivity index (χ3n) is 5.02. The molecule has 0 aromatic carbocycles. The first kappa shape index (κ1) is 20.8. The number of pyridine rings is 2. The van der Waals surface area contributed by atoms with Gasteiger partial charge in [0.1, 0.15) is 11.8 Å². The molecule has 0 bridgehead atoms. The summed E-state index contributed by atoms with van der Waals surface area (Å²) in [6.07, 6.45) is 4.09. The van der Waals surface area contributed by atoms with E-state index < -0.39 is 6.10 Å². The number of nitrogens with one attached hydrogen (secondary N) is 2. The van der Waals surface area contributed by atoms with E-state index in [0.717, 1.165) is 31.1 Å². The third kappa shape index (κ3) is 5.10. The van der Waals surface area contributed by atoms with Crippen LogP contribution < -0.4 is 11.1 Å². The van der Waals surface area contributed by atoms with Crippen LogP contribution in [0.3, 0.4) is 0 Å². The molecule has 3 rings (SSSR count). The fraction of sp³-hybridized carbons (Fsp3) is 0.619. The van der Waals surface area contributed by atoms with Gasteiger partial charge >= 0.3 is 0 Å². The molecular formula is C21H30N2O5. The van der Waals surface area contributed by atoms with Crippen molar-refractivity contribution in [2.24, 2.45) is 0 Å². The van der Waals surface area contributed by atoms with Crippen LogP contribution in [0.2, 0.25) is 0 Å². The summed E-state index contributed by atoms with van der Waals surface area (Å²) in [7, 11) is 0. The smallest absolute Gasteiger partial charge is 0.255 e. The van der Waals surface area contributed by atoms with E-state index in [0.29, 0.717) is 37.5 Å². The molecule has 0 unspecified atom stereocenters. The number of fused-ring (bicyclic) bond motifs is 1. The van der Waals surface area contributed by atoms with Crippen molar-refractivity contribution in [2.75, 3.05) is 19.8 Å². The van der Waals surface area contributed by atoms with Gasteiger partial charge in [0.15, 0.2) is 0 Å². The fourth-order valence-electron chi connectivity index (χ4n) is 3.45.